The molecule has 160 valence electrons. The molecule has 3 atom stereocenters. The molecule has 0 aliphatic heterocycles. The van der Waals surface area contributed by atoms with Crippen molar-refractivity contribution in [1.29, 1.82) is 0 Å². The van der Waals surface area contributed by atoms with Gasteiger partial charge in [-0.1, -0.05) is 25.1 Å². The van der Waals surface area contributed by atoms with Crippen molar-refractivity contribution in [3.63, 3.8) is 0 Å². The minimum absolute atomic E-state index is 0.140. The fraction of sp³-hybridized carbons (Fsp3) is 0.474. The lowest BCUT2D eigenvalue weighted by Crippen LogP contribution is -2.52. The van der Waals surface area contributed by atoms with Gasteiger partial charge in [0.1, 0.15) is 6.04 Å². The van der Waals surface area contributed by atoms with Crippen LogP contribution < -0.4 is 10.6 Å². The molecule has 0 aliphatic carbocycles. The van der Waals surface area contributed by atoms with Crippen molar-refractivity contribution in [2.75, 3.05) is 0 Å². The number of rotatable bonds is 9. The smallest absolute Gasteiger partial charge is 0.416 e. The Morgan fingerprint density at radius 2 is 1.69 bits per heavy atom. The molecular weight excluding hydrogens is 393 g/mol. The molecule has 0 aromatic heterocycles. The predicted octanol–water partition coefficient (Wildman–Crippen LogP) is 1.94. The molecule has 1 rings (SSSR count). The summed E-state index contributed by atoms with van der Waals surface area (Å²) in [5.74, 6) is -4.02. The first kappa shape index (κ1) is 24.1. The average molecular weight is 416 g/mol. The van der Waals surface area contributed by atoms with E-state index >= 15 is 0 Å². The lowest BCUT2D eigenvalue weighted by Gasteiger charge is -2.22. The Morgan fingerprint density at radius 3 is 2.21 bits per heavy atom. The fourth-order valence-corrected chi connectivity index (χ4v) is 2.40. The number of carbonyl (C=O) groups excluding carboxylic acids is 3. The van der Waals surface area contributed by atoms with Crippen LogP contribution in [-0.4, -0.2) is 40.8 Å². The van der Waals surface area contributed by atoms with Gasteiger partial charge in [0.2, 0.25) is 11.8 Å². The Kier molecular flexibility index (Phi) is 8.35. The first-order chi connectivity index (χ1) is 13.3. The number of carboxylic acids is 1. The van der Waals surface area contributed by atoms with Gasteiger partial charge in [-0.25, -0.2) is 0 Å². The number of carboxylic acid groups (broad SMARTS) is 1. The monoisotopic (exact) mass is 416 g/mol. The molecule has 0 saturated heterocycles. The molecule has 0 unspecified atom stereocenters. The maximum Gasteiger partial charge on any atom is 0.416 e. The van der Waals surface area contributed by atoms with E-state index in [-0.39, 0.29) is 17.8 Å². The Labute approximate surface area is 165 Å². The number of hydrogen-bond acceptors (Lipinski definition) is 4. The summed E-state index contributed by atoms with van der Waals surface area (Å²) in [7, 11) is 0. The maximum atomic E-state index is 12.9. The number of Topliss-reactive ketones (excluding diaryl/α,β-unsaturated/α-hetero) is 1. The fourth-order valence-electron chi connectivity index (χ4n) is 2.40. The van der Waals surface area contributed by atoms with Gasteiger partial charge in [-0.15, -0.1) is 0 Å². The summed E-state index contributed by atoms with van der Waals surface area (Å²) in [6.07, 6.45) is -5.32. The summed E-state index contributed by atoms with van der Waals surface area (Å²) in [6.45, 7) is 4.03. The second-order valence-electron chi connectivity index (χ2n) is 6.80. The van der Waals surface area contributed by atoms with Gasteiger partial charge in [0.15, 0.2) is 5.78 Å². The Morgan fingerprint density at radius 1 is 1.07 bits per heavy atom. The number of benzene rings is 1. The molecule has 3 N–H and O–H groups in total. The van der Waals surface area contributed by atoms with Crippen LogP contribution in [-0.2, 0) is 31.8 Å². The summed E-state index contributed by atoms with van der Waals surface area (Å²) < 4.78 is 38.8. The number of nitrogens with one attached hydrogen (secondary N) is 2. The highest BCUT2D eigenvalue weighted by molar-refractivity contribution is 5.92. The van der Waals surface area contributed by atoms with Crippen LogP contribution in [0.25, 0.3) is 0 Å². The highest BCUT2D eigenvalue weighted by Crippen LogP contribution is 2.29. The van der Waals surface area contributed by atoms with Crippen molar-refractivity contribution in [2.45, 2.75) is 51.9 Å². The number of ketones is 1. The SMILES string of the molecule is CC(=O)[C@H](C)NC(=O)[C@H](Cc1cccc(C(F)(F)F)c1)NC(=O)[C@@H](C)CC(=O)O. The van der Waals surface area contributed by atoms with Crippen LogP contribution >= 0.6 is 0 Å². The van der Waals surface area contributed by atoms with E-state index in [0.29, 0.717) is 0 Å². The minimum Gasteiger partial charge on any atom is -0.481 e. The summed E-state index contributed by atoms with van der Waals surface area (Å²) in [5.41, 5.74) is -0.765. The zero-order valence-electron chi connectivity index (χ0n) is 16.2. The maximum absolute atomic E-state index is 12.9. The van der Waals surface area contributed by atoms with E-state index in [1.807, 2.05) is 0 Å². The molecule has 7 nitrogen and oxygen atoms in total. The molecule has 1 aromatic rings. The van der Waals surface area contributed by atoms with Crippen LogP contribution in [0.15, 0.2) is 24.3 Å². The van der Waals surface area contributed by atoms with Crippen LogP contribution in [0.2, 0.25) is 0 Å². The second kappa shape index (κ2) is 10.0. The van der Waals surface area contributed by atoms with Gasteiger partial charge in [-0.3, -0.25) is 19.2 Å². The Hall–Kier alpha value is -2.91. The third kappa shape index (κ3) is 7.92. The summed E-state index contributed by atoms with van der Waals surface area (Å²) in [4.78, 5) is 46.9. The summed E-state index contributed by atoms with van der Waals surface area (Å²) >= 11 is 0. The molecule has 0 aliphatic rings. The van der Waals surface area contributed by atoms with Crippen molar-refractivity contribution in [3.8, 4) is 0 Å². The van der Waals surface area contributed by atoms with Gasteiger partial charge in [0.05, 0.1) is 18.0 Å². The zero-order chi connectivity index (χ0) is 22.4. The normalized spacial score (nSPS) is 14.4. The zero-order valence-corrected chi connectivity index (χ0v) is 16.2. The standard InChI is InChI=1S/C19H23F3N2O5/c1-10(7-16(26)27)17(28)24-15(18(29)23-11(2)12(3)25)9-13-5-4-6-14(8-13)19(20,21)22/h4-6,8,10-11,15H,7,9H2,1-3H3,(H,23,29)(H,24,28)(H,26,27)/t10-,11-,15-/m0/s1. The van der Waals surface area contributed by atoms with Gasteiger partial charge in [0, 0.05) is 12.3 Å². The highest BCUT2D eigenvalue weighted by Gasteiger charge is 2.31. The molecule has 1 aromatic carbocycles. The molecule has 0 heterocycles. The Balaban J connectivity index is 3.07. The molecular formula is C19H23F3N2O5. The van der Waals surface area contributed by atoms with Crippen molar-refractivity contribution >= 4 is 23.6 Å². The second-order valence-corrected chi connectivity index (χ2v) is 6.80. The first-order valence-electron chi connectivity index (χ1n) is 8.80. The van der Waals surface area contributed by atoms with Crippen molar-refractivity contribution < 1.29 is 37.5 Å². The van der Waals surface area contributed by atoms with E-state index < -0.39 is 53.9 Å². The highest BCUT2D eigenvalue weighted by atomic mass is 19.4. The lowest BCUT2D eigenvalue weighted by molar-refractivity contribution is -0.141. The van der Waals surface area contributed by atoms with Crippen LogP contribution in [0, 0.1) is 5.92 Å². The van der Waals surface area contributed by atoms with Gasteiger partial charge < -0.3 is 15.7 Å². The van der Waals surface area contributed by atoms with E-state index in [9.17, 15) is 32.3 Å². The van der Waals surface area contributed by atoms with Crippen LogP contribution in [0.4, 0.5) is 13.2 Å². The van der Waals surface area contributed by atoms with Gasteiger partial charge in [-0.2, -0.15) is 13.2 Å². The topological polar surface area (TPSA) is 113 Å². The van der Waals surface area contributed by atoms with Gasteiger partial charge in [0.25, 0.3) is 0 Å². The number of hydrogen-bond donors (Lipinski definition) is 3. The molecule has 0 bridgehead atoms. The Bertz CT molecular complexity index is 779. The van der Waals surface area contributed by atoms with Gasteiger partial charge >= 0.3 is 12.1 Å². The van der Waals surface area contributed by atoms with Crippen LogP contribution in [0.3, 0.4) is 0 Å². The van der Waals surface area contributed by atoms with E-state index in [0.717, 1.165) is 12.1 Å². The molecule has 2 amide bonds. The quantitative estimate of drug-likeness (QED) is 0.570. The van der Waals surface area contributed by atoms with Crippen LogP contribution in [0.5, 0.6) is 0 Å². The molecule has 0 radical (unpaired) electrons. The predicted molar refractivity (Wildman–Crippen MR) is 96.8 cm³/mol. The van der Waals surface area contributed by atoms with E-state index in [2.05, 4.69) is 10.6 Å². The third-order valence-corrected chi connectivity index (χ3v) is 4.22. The average Bonchev–Trinajstić information content (AvgIpc) is 2.59. The van der Waals surface area contributed by atoms with Crippen molar-refractivity contribution in [1.82, 2.24) is 10.6 Å². The number of amides is 2. The minimum atomic E-state index is -4.57. The number of alkyl halides is 3. The van der Waals surface area contributed by atoms with E-state index in [1.165, 1.54) is 32.9 Å². The molecule has 29 heavy (non-hydrogen) atoms. The number of aliphatic carboxylic acids is 1. The van der Waals surface area contributed by atoms with E-state index in [1.54, 1.807) is 0 Å². The first-order valence-corrected chi connectivity index (χ1v) is 8.80. The summed E-state index contributed by atoms with van der Waals surface area (Å²) in [5, 5.41) is 13.5. The molecule has 0 spiro atoms. The van der Waals surface area contributed by atoms with Crippen molar-refractivity contribution in [3.05, 3.63) is 35.4 Å². The number of halogens is 3. The van der Waals surface area contributed by atoms with Gasteiger partial charge in [-0.05, 0) is 25.5 Å². The third-order valence-electron chi connectivity index (χ3n) is 4.22. The molecule has 0 saturated carbocycles. The van der Waals surface area contributed by atoms with Crippen molar-refractivity contribution in [2.24, 2.45) is 5.92 Å². The summed E-state index contributed by atoms with van der Waals surface area (Å²) in [6, 6.07) is 2.14. The van der Waals surface area contributed by atoms with Crippen LogP contribution in [0.1, 0.15) is 38.3 Å². The lowest BCUT2D eigenvalue weighted by atomic mass is 10.0. The van der Waals surface area contributed by atoms with E-state index in [4.69, 9.17) is 5.11 Å². The largest absolute Gasteiger partial charge is 0.481 e. The molecule has 10 heteroatoms. The number of carbonyl (C=O) groups is 4. The molecule has 0 fully saturated rings.